The van der Waals surface area contributed by atoms with Crippen molar-refractivity contribution >= 4 is 33.0 Å². The smallest absolute Gasteiger partial charge is 0.336 e. The van der Waals surface area contributed by atoms with Crippen molar-refractivity contribution in [3.8, 4) is 6.07 Å². The fourth-order valence-corrected chi connectivity index (χ4v) is 3.67. The van der Waals surface area contributed by atoms with Gasteiger partial charge in [0.2, 0.25) is 0 Å². The van der Waals surface area contributed by atoms with E-state index in [2.05, 4.69) is 4.72 Å². The lowest BCUT2D eigenvalue weighted by Crippen LogP contribution is -2.12. The van der Waals surface area contributed by atoms with Crippen molar-refractivity contribution in [1.82, 2.24) is 0 Å². The van der Waals surface area contributed by atoms with Crippen LogP contribution in [-0.4, -0.2) is 19.5 Å². The number of rotatable bonds is 4. The zero-order valence-corrected chi connectivity index (χ0v) is 11.5. The number of nitrogens with one attached hydrogen (secondary N) is 1. The van der Waals surface area contributed by atoms with Crippen LogP contribution in [0.5, 0.6) is 0 Å². The number of carboxylic acid groups (broad SMARTS) is 1. The minimum Gasteiger partial charge on any atom is -0.478 e. The molecule has 0 bridgehead atoms. The van der Waals surface area contributed by atoms with Crippen LogP contribution in [0, 0.1) is 11.3 Å². The lowest BCUT2D eigenvalue weighted by molar-refractivity contribution is 0.0697. The highest BCUT2D eigenvalue weighted by molar-refractivity contribution is 7.94. The monoisotopic (exact) mass is 308 g/mol. The molecule has 0 unspecified atom stereocenters. The summed E-state index contributed by atoms with van der Waals surface area (Å²) in [7, 11) is -3.90. The highest BCUT2D eigenvalue weighted by atomic mass is 32.2. The summed E-state index contributed by atoms with van der Waals surface area (Å²) in [5.74, 6) is -1.19. The van der Waals surface area contributed by atoms with E-state index in [1.165, 1.54) is 17.5 Å². The molecule has 1 aromatic carbocycles. The van der Waals surface area contributed by atoms with Crippen LogP contribution in [0.2, 0.25) is 0 Å². The van der Waals surface area contributed by atoms with Crippen molar-refractivity contribution in [2.24, 2.45) is 0 Å². The molecule has 6 nitrogen and oxygen atoms in total. The molecule has 0 fully saturated rings. The lowest BCUT2D eigenvalue weighted by atomic mass is 10.2. The van der Waals surface area contributed by atoms with Crippen molar-refractivity contribution < 1.29 is 18.3 Å². The second-order valence-electron chi connectivity index (χ2n) is 3.72. The Labute approximate surface area is 119 Å². The fraction of sp³-hybridized carbons (Fsp3) is 0. The molecule has 0 saturated carbocycles. The highest BCUT2D eigenvalue weighted by Crippen LogP contribution is 2.24. The van der Waals surface area contributed by atoms with Gasteiger partial charge in [0.15, 0.2) is 0 Å². The van der Waals surface area contributed by atoms with Gasteiger partial charge in [0.05, 0.1) is 16.8 Å². The van der Waals surface area contributed by atoms with Crippen LogP contribution >= 0.6 is 11.3 Å². The van der Waals surface area contributed by atoms with Crippen LogP contribution in [0.4, 0.5) is 5.69 Å². The fourth-order valence-electron chi connectivity index (χ4n) is 1.43. The molecule has 0 aliphatic rings. The van der Waals surface area contributed by atoms with E-state index in [0.29, 0.717) is 0 Å². The maximum absolute atomic E-state index is 12.1. The molecule has 102 valence electrons. The third-order valence-electron chi connectivity index (χ3n) is 2.38. The number of nitriles is 1. The quantitative estimate of drug-likeness (QED) is 0.899. The minimum atomic E-state index is -3.90. The van der Waals surface area contributed by atoms with Gasteiger partial charge in [-0.25, -0.2) is 13.2 Å². The molecule has 0 saturated heterocycles. The molecular weight excluding hydrogens is 300 g/mol. The Morgan fingerprint density at radius 2 is 2.05 bits per heavy atom. The van der Waals surface area contributed by atoms with Crippen LogP contribution in [0.1, 0.15) is 15.9 Å². The Bertz CT molecular complexity index is 803. The van der Waals surface area contributed by atoms with Gasteiger partial charge in [-0.3, -0.25) is 4.72 Å². The molecule has 0 radical (unpaired) electrons. The zero-order chi connectivity index (χ0) is 14.8. The molecule has 2 rings (SSSR count). The number of hydrogen-bond donors (Lipinski definition) is 2. The number of carbonyl (C=O) groups is 1. The SMILES string of the molecule is N#Cc1ccccc1NS(=O)(=O)c1cc(C(=O)O)cs1. The summed E-state index contributed by atoms with van der Waals surface area (Å²) in [5.41, 5.74) is 0.246. The normalized spacial score (nSPS) is 10.8. The van der Waals surface area contributed by atoms with Gasteiger partial charge in [-0.1, -0.05) is 12.1 Å². The molecule has 1 aromatic heterocycles. The Balaban J connectivity index is 2.36. The first-order chi connectivity index (χ1) is 9.44. The second-order valence-corrected chi connectivity index (χ2v) is 6.54. The Morgan fingerprint density at radius 1 is 1.35 bits per heavy atom. The van der Waals surface area contributed by atoms with E-state index in [1.807, 2.05) is 6.07 Å². The molecule has 2 N–H and O–H groups in total. The van der Waals surface area contributed by atoms with Gasteiger partial charge in [-0.05, 0) is 18.2 Å². The first-order valence-electron chi connectivity index (χ1n) is 5.28. The number of para-hydroxylation sites is 1. The van der Waals surface area contributed by atoms with E-state index >= 15 is 0 Å². The van der Waals surface area contributed by atoms with E-state index in [0.717, 1.165) is 17.4 Å². The number of sulfonamides is 1. The van der Waals surface area contributed by atoms with Crippen molar-refractivity contribution in [2.45, 2.75) is 4.21 Å². The average Bonchev–Trinajstić information content (AvgIpc) is 2.89. The topological polar surface area (TPSA) is 107 Å². The van der Waals surface area contributed by atoms with Crippen molar-refractivity contribution in [3.05, 3.63) is 46.8 Å². The first-order valence-corrected chi connectivity index (χ1v) is 7.64. The number of benzene rings is 1. The zero-order valence-electron chi connectivity index (χ0n) is 9.90. The van der Waals surface area contributed by atoms with Crippen molar-refractivity contribution in [3.63, 3.8) is 0 Å². The maximum Gasteiger partial charge on any atom is 0.336 e. The summed E-state index contributed by atoms with van der Waals surface area (Å²) < 4.78 is 26.4. The van der Waals surface area contributed by atoms with Crippen LogP contribution in [0.3, 0.4) is 0 Å². The summed E-state index contributed by atoms with van der Waals surface area (Å²) in [6.45, 7) is 0. The summed E-state index contributed by atoms with van der Waals surface area (Å²) in [5, 5.41) is 18.9. The van der Waals surface area contributed by atoms with Gasteiger partial charge >= 0.3 is 5.97 Å². The average molecular weight is 308 g/mol. The third kappa shape index (κ3) is 2.79. The molecular formula is C12H8N2O4S2. The second kappa shape index (κ2) is 5.32. The maximum atomic E-state index is 12.1. The molecule has 1 heterocycles. The molecule has 0 spiro atoms. The Kier molecular flexibility index (Phi) is 3.74. The summed E-state index contributed by atoms with van der Waals surface area (Å²) in [6, 6.07) is 9.10. The van der Waals surface area contributed by atoms with Gasteiger partial charge in [0, 0.05) is 5.38 Å². The van der Waals surface area contributed by atoms with Crippen molar-refractivity contribution in [2.75, 3.05) is 4.72 Å². The number of thiophene rings is 1. The number of carboxylic acids is 1. The minimum absolute atomic E-state index is 0.0936. The van der Waals surface area contributed by atoms with Gasteiger partial charge in [0.1, 0.15) is 10.3 Å². The predicted octanol–water partition coefficient (Wildman–Crippen LogP) is 2.12. The van der Waals surface area contributed by atoms with Gasteiger partial charge in [0.25, 0.3) is 10.0 Å². The van der Waals surface area contributed by atoms with E-state index in [-0.39, 0.29) is 21.0 Å². The van der Waals surface area contributed by atoms with E-state index in [9.17, 15) is 13.2 Å². The molecule has 2 aromatic rings. The third-order valence-corrected chi connectivity index (χ3v) is 5.18. The Morgan fingerprint density at radius 3 is 2.65 bits per heavy atom. The van der Waals surface area contributed by atoms with E-state index < -0.39 is 16.0 Å². The van der Waals surface area contributed by atoms with Crippen LogP contribution in [-0.2, 0) is 10.0 Å². The largest absolute Gasteiger partial charge is 0.478 e. The lowest BCUT2D eigenvalue weighted by Gasteiger charge is -2.07. The number of aromatic carboxylic acids is 1. The molecule has 20 heavy (non-hydrogen) atoms. The van der Waals surface area contributed by atoms with Crippen LogP contribution in [0.15, 0.2) is 39.9 Å². The molecule has 0 amide bonds. The van der Waals surface area contributed by atoms with Gasteiger partial charge in [-0.2, -0.15) is 5.26 Å². The highest BCUT2D eigenvalue weighted by Gasteiger charge is 2.20. The van der Waals surface area contributed by atoms with Crippen molar-refractivity contribution in [1.29, 1.82) is 5.26 Å². The number of hydrogen-bond acceptors (Lipinski definition) is 5. The first kappa shape index (κ1) is 14.0. The van der Waals surface area contributed by atoms with Crippen LogP contribution in [0.25, 0.3) is 0 Å². The predicted molar refractivity (Wildman–Crippen MR) is 73.2 cm³/mol. The Hall–Kier alpha value is -2.37. The van der Waals surface area contributed by atoms with Gasteiger partial charge in [-0.15, -0.1) is 11.3 Å². The summed E-state index contributed by atoms with van der Waals surface area (Å²) >= 11 is 0.803. The van der Waals surface area contributed by atoms with Crippen LogP contribution < -0.4 is 4.72 Å². The molecule has 8 heteroatoms. The van der Waals surface area contributed by atoms with Gasteiger partial charge < -0.3 is 5.11 Å². The number of anilines is 1. The molecule has 0 atom stereocenters. The molecule has 0 aliphatic heterocycles. The number of nitrogens with zero attached hydrogens (tertiary/aromatic N) is 1. The van der Waals surface area contributed by atoms with E-state index in [1.54, 1.807) is 12.1 Å². The summed E-state index contributed by atoms with van der Waals surface area (Å²) in [6.07, 6.45) is 0. The molecule has 0 aliphatic carbocycles. The van der Waals surface area contributed by atoms with E-state index in [4.69, 9.17) is 10.4 Å². The summed E-state index contributed by atoms with van der Waals surface area (Å²) in [4.78, 5) is 10.7. The standard InChI is InChI=1S/C12H8N2O4S2/c13-6-8-3-1-2-4-10(8)14-20(17,18)11-5-9(7-19-11)12(15)16/h1-5,7,14H,(H,15,16).